The number of hydrogen-bond acceptors (Lipinski definition) is 5. The summed E-state index contributed by atoms with van der Waals surface area (Å²) in [7, 11) is -0.200. The molecule has 1 unspecified atom stereocenters. The van der Waals surface area contributed by atoms with E-state index in [1.807, 2.05) is 0 Å². The Hall–Kier alpha value is 1.08. The predicted molar refractivity (Wildman–Crippen MR) is 55.0 cm³/mol. The van der Waals surface area contributed by atoms with Crippen molar-refractivity contribution in [2.24, 2.45) is 5.41 Å². The first-order valence-electron chi connectivity index (χ1n) is 3.71. The zero-order chi connectivity index (χ0) is 10.7. The van der Waals surface area contributed by atoms with Gasteiger partial charge in [-0.1, -0.05) is 11.2 Å². The van der Waals surface area contributed by atoms with E-state index in [4.69, 9.17) is 41.2 Å². The second-order valence-electron chi connectivity index (χ2n) is 3.00. The zero-order valence-corrected chi connectivity index (χ0v) is 10.5. The van der Waals surface area contributed by atoms with Crippen molar-refractivity contribution < 1.29 is 23.2 Å². The molecule has 0 bridgehead atoms. The minimum absolute atomic E-state index is 0.0334. The minimum atomic E-state index is -3.44. The van der Waals surface area contributed by atoms with Crippen molar-refractivity contribution >= 4 is 37.6 Å². The Morgan fingerprint density at radius 2 is 2.14 bits per heavy atom. The number of aliphatic hydroxyl groups excluding tert-OH is 1. The predicted octanol–water partition coefficient (Wildman–Crippen LogP) is 2.12. The average molecular weight is 283 g/mol. The Morgan fingerprint density at radius 3 is 2.57 bits per heavy atom. The van der Waals surface area contributed by atoms with Gasteiger partial charge in [-0.2, -0.15) is 0 Å². The van der Waals surface area contributed by atoms with Crippen molar-refractivity contribution in [1.29, 1.82) is 0 Å². The topological polar surface area (TPSA) is 65.0 Å². The second-order valence-corrected chi connectivity index (χ2v) is 6.53. The molecule has 1 aliphatic rings. The number of aliphatic hydroxyl groups is 1. The van der Waals surface area contributed by atoms with Crippen LogP contribution in [0.2, 0.25) is 0 Å². The fourth-order valence-corrected chi connectivity index (χ4v) is 2.66. The standard InChI is InChI=1S/C5H10Cl2O5P2/c6-13-10-2-5(1-8)3-11-14(7,9)12-4-5/h8,13H,1-4H2. The highest BCUT2D eigenvalue weighted by atomic mass is 35.7. The molecular formula is C5H10Cl2O5P2. The van der Waals surface area contributed by atoms with Crippen molar-refractivity contribution in [2.75, 3.05) is 26.4 Å². The fourth-order valence-electron chi connectivity index (χ4n) is 0.908. The maximum atomic E-state index is 11.1. The van der Waals surface area contributed by atoms with Crippen LogP contribution in [0.3, 0.4) is 0 Å². The summed E-state index contributed by atoms with van der Waals surface area (Å²) in [6.07, 6.45) is 0. The monoisotopic (exact) mass is 282 g/mol. The van der Waals surface area contributed by atoms with Crippen molar-refractivity contribution in [1.82, 2.24) is 0 Å². The van der Waals surface area contributed by atoms with Crippen LogP contribution in [-0.4, -0.2) is 31.5 Å². The first-order chi connectivity index (χ1) is 6.54. The molecule has 0 aromatic carbocycles. The van der Waals surface area contributed by atoms with E-state index in [1.165, 1.54) is 0 Å². The molecule has 0 amide bonds. The van der Waals surface area contributed by atoms with E-state index in [0.29, 0.717) is 0 Å². The van der Waals surface area contributed by atoms with Gasteiger partial charge in [0, 0.05) is 11.2 Å². The normalized spacial score (nSPS) is 39.4. The third-order valence-corrected chi connectivity index (χ3v) is 3.86. The summed E-state index contributed by atoms with van der Waals surface area (Å²) in [6, 6.07) is 0. The van der Waals surface area contributed by atoms with Crippen LogP contribution in [0.5, 0.6) is 0 Å². The van der Waals surface area contributed by atoms with Crippen LogP contribution in [0, 0.1) is 5.41 Å². The molecule has 0 saturated carbocycles. The average Bonchev–Trinajstić information content (AvgIpc) is 2.18. The first kappa shape index (κ1) is 13.1. The van der Waals surface area contributed by atoms with Gasteiger partial charge in [0.1, 0.15) is 8.16 Å². The van der Waals surface area contributed by atoms with Crippen LogP contribution < -0.4 is 0 Å². The SMILES string of the molecule is O=P1(Cl)OCC(CO)(COPCl)CO1. The van der Waals surface area contributed by atoms with Crippen molar-refractivity contribution in [2.45, 2.75) is 0 Å². The summed E-state index contributed by atoms with van der Waals surface area (Å²) in [5.41, 5.74) is -0.718. The van der Waals surface area contributed by atoms with Crippen molar-refractivity contribution in [3.05, 3.63) is 0 Å². The summed E-state index contributed by atoms with van der Waals surface area (Å²) in [4.78, 5) is 0. The molecule has 0 radical (unpaired) electrons. The van der Waals surface area contributed by atoms with Gasteiger partial charge in [-0.25, -0.2) is 4.57 Å². The van der Waals surface area contributed by atoms with Crippen LogP contribution in [0.25, 0.3) is 0 Å². The van der Waals surface area contributed by atoms with Gasteiger partial charge >= 0.3 is 6.95 Å². The molecule has 1 saturated heterocycles. The molecule has 1 N–H and O–H groups in total. The molecule has 1 fully saturated rings. The molecular weight excluding hydrogens is 273 g/mol. The Bertz CT molecular complexity index is 226. The van der Waals surface area contributed by atoms with Gasteiger partial charge < -0.3 is 9.63 Å². The Kier molecular flexibility index (Phi) is 5.09. The van der Waals surface area contributed by atoms with E-state index in [1.54, 1.807) is 0 Å². The molecule has 1 atom stereocenters. The molecule has 1 rings (SSSR count). The van der Waals surface area contributed by atoms with Crippen molar-refractivity contribution in [3.8, 4) is 0 Å². The van der Waals surface area contributed by atoms with Gasteiger partial charge in [0.05, 0.1) is 31.8 Å². The highest BCUT2D eigenvalue weighted by Gasteiger charge is 2.41. The van der Waals surface area contributed by atoms with Gasteiger partial charge in [-0.3, -0.25) is 9.05 Å². The summed E-state index contributed by atoms with van der Waals surface area (Å²) in [6.45, 7) is -3.39. The van der Waals surface area contributed by atoms with Gasteiger partial charge in [-0.15, -0.1) is 0 Å². The summed E-state index contributed by atoms with van der Waals surface area (Å²) in [5.74, 6) is 0. The Morgan fingerprint density at radius 1 is 1.57 bits per heavy atom. The van der Waals surface area contributed by atoms with E-state index < -0.39 is 12.4 Å². The summed E-state index contributed by atoms with van der Waals surface area (Å²) >= 11 is 10.7. The highest BCUT2D eigenvalue weighted by Crippen LogP contribution is 2.58. The maximum absolute atomic E-state index is 11.1. The van der Waals surface area contributed by atoms with Gasteiger partial charge in [-0.05, 0) is 0 Å². The third-order valence-electron chi connectivity index (χ3n) is 1.82. The smallest absolute Gasteiger partial charge is 0.396 e. The first-order valence-corrected chi connectivity index (χ1v) is 8.07. The lowest BCUT2D eigenvalue weighted by atomic mass is 9.93. The van der Waals surface area contributed by atoms with Crippen LogP contribution in [-0.2, 0) is 18.1 Å². The number of halogens is 2. The molecule has 0 aliphatic carbocycles. The van der Waals surface area contributed by atoms with Gasteiger partial charge in [0.2, 0.25) is 0 Å². The molecule has 9 heteroatoms. The van der Waals surface area contributed by atoms with E-state index >= 15 is 0 Å². The lowest BCUT2D eigenvalue weighted by molar-refractivity contribution is -0.0393. The van der Waals surface area contributed by atoms with Gasteiger partial charge in [0.15, 0.2) is 0 Å². The molecule has 14 heavy (non-hydrogen) atoms. The largest absolute Gasteiger partial charge is 0.424 e. The van der Waals surface area contributed by atoms with Crippen LogP contribution >= 0.6 is 37.6 Å². The van der Waals surface area contributed by atoms with E-state index in [0.717, 1.165) is 0 Å². The van der Waals surface area contributed by atoms with Crippen LogP contribution in [0.15, 0.2) is 0 Å². The van der Waals surface area contributed by atoms with E-state index in [2.05, 4.69) is 0 Å². The molecule has 0 aromatic heterocycles. The second kappa shape index (κ2) is 5.42. The molecule has 1 heterocycles. The molecule has 1 aliphatic heterocycles. The van der Waals surface area contributed by atoms with Gasteiger partial charge in [0.25, 0.3) is 0 Å². The lowest BCUT2D eigenvalue weighted by Gasteiger charge is -2.35. The quantitative estimate of drug-likeness (QED) is 0.800. The highest BCUT2D eigenvalue weighted by molar-refractivity contribution is 7.81. The number of hydrogen-bond donors (Lipinski definition) is 1. The van der Waals surface area contributed by atoms with Crippen LogP contribution in [0.4, 0.5) is 0 Å². The Labute approximate surface area is 93.0 Å². The zero-order valence-electron chi connectivity index (χ0n) is 7.11. The summed E-state index contributed by atoms with van der Waals surface area (Å²) in [5, 5.41) is 9.13. The summed E-state index contributed by atoms with van der Waals surface area (Å²) < 4.78 is 25.6. The van der Waals surface area contributed by atoms with Crippen LogP contribution in [0.1, 0.15) is 0 Å². The molecule has 5 nitrogen and oxygen atoms in total. The molecule has 84 valence electrons. The third kappa shape index (κ3) is 3.58. The fraction of sp³-hybridized carbons (Fsp3) is 1.00. The Balaban J connectivity index is 2.52. The van der Waals surface area contributed by atoms with E-state index in [-0.39, 0.29) is 34.6 Å². The van der Waals surface area contributed by atoms with Crippen molar-refractivity contribution in [3.63, 3.8) is 0 Å². The minimum Gasteiger partial charge on any atom is -0.396 e. The number of rotatable bonds is 4. The van der Waals surface area contributed by atoms with E-state index in [9.17, 15) is 4.57 Å². The maximum Gasteiger partial charge on any atom is 0.424 e. The lowest BCUT2D eigenvalue weighted by Crippen LogP contribution is -2.41. The molecule has 0 spiro atoms. The molecule has 0 aromatic rings.